The molecule has 0 aliphatic heterocycles. The molecule has 0 bridgehead atoms. The van der Waals surface area contributed by atoms with Crippen LogP contribution in [0.4, 0.5) is 0 Å². The number of aromatic amines is 2. The fourth-order valence-corrected chi connectivity index (χ4v) is 2.45. The van der Waals surface area contributed by atoms with Crippen molar-refractivity contribution in [2.24, 2.45) is 0 Å². The third-order valence-electron chi connectivity index (χ3n) is 3.67. The number of carbonyl (C=O) groups is 2. The van der Waals surface area contributed by atoms with Gasteiger partial charge in [0.1, 0.15) is 12.3 Å². The fraction of sp³-hybridized carbons (Fsp3) is 0.235. The summed E-state index contributed by atoms with van der Waals surface area (Å²) in [6.45, 7) is 0.406. The number of H-pyrrole nitrogens is 2. The fourth-order valence-electron chi connectivity index (χ4n) is 2.45. The number of hydrogen-bond acceptors (Lipinski definition) is 4. The molecule has 0 aliphatic carbocycles. The maximum absolute atomic E-state index is 11.8. The Morgan fingerprint density at radius 3 is 2.92 bits per heavy atom. The molecule has 0 saturated carbocycles. The molecule has 3 aromatic rings. The smallest absolute Gasteiger partial charge is 0.306 e. The normalized spacial score (nSPS) is 10.7. The Morgan fingerprint density at radius 1 is 1.21 bits per heavy atom. The number of carbonyl (C=O) groups excluding carboxylic acids is 2. The summed E-state index contributed by atoms with van der Waals surface area (Å²) in [6, 6.07) is 9.54. The van der Waals surface area contributed by atoms with Crippen LogP contribution >= 0.6 is 0 Å². The number of fused-ring (bicyclic) bond motifs is 1. The zero-order valence-corrected chi connectivity index (χ0v) is 13.0. The van der Waals surface area contributed by atoms with Gasteiger partial charge in [-0.3, -0.25) is 14.7 Å². The van der Waals surface area contributed by atoms with Crippen molar-refractivity contribution in [3.05, 3.63) is 54.0 Å². The average molecular weight is 326 g/mol. The minimum Gasteiger partial charge on any atom is -0.464 e. The molecule has 124 valence electrons. The lowest BCUT2D eigenvalue weighted by Gasteiger charge is -2.06. The maximum atomic E-state index is 11.8. The van der Waals surface area contributed by atoms with Gasteiger partial charge in [-0.2, -0.15) is 5.10 Å². The van der Waals surface area contributed by atoms with E-state index in [0.717, 1.165) is 16.5 Å². The number of rotatable bonds is 7. The quantitative estimate of drug-likeness (QED) is 0.455. The summed E-state index contributed by atoms with van der Waals surface area (Å²) < 4.78 is 5.13. The number of amides is 1. The first-order chi connectivity index (χ1) is 11.7. The van der Waals surface area contributed by atoms with Gasteiger partial charge in [-0.05, 0) is 24.1 Å². The molecule has 1 amide bonds. The van der Waals surface area contributed by atoms with E-state index in [1.54, 1.807) is 6.07 Å². The van der Waals surface area contributed by atoms with E-state index in [0.29, 0.717) is 18.5 Å². The minimum atomic E-state index is -0.281. The molecular formula is C17H18N4O3. The van der Waals surface area contributed by atoms with Gasteiger partial charge in [0.05, 0.1) is 6.54 Å². The highest BCUT2D eigenvalue weighted by atomic mass is 16.5. The first-order valence-corrected chi connectivity index (χ1v) is 7.72. The van der Waals surface area contributed by atoms with Crippen LogP contribution in [0.2, 0.25) is 0 Å². The molecule has 0 saturated heterocycles. The minimum absolute atomic E-state index is 0.145. The van der Waals surface area contributed by atoms with E-state index in [2.05, 4.69) is 20.5 Å². The zero-order chi connectivity index (χ0) is 16.8. The number of benzene rings is 1. The van der Waals surface area contributed by atoms with Crippen LogP contribution in [0.3, 0.4) is 0 Å². The van der Waals surface area contributed by atoms with Crippen molar-refractivity contribution >= 4 is 22.8 Å². The van der Waals surface area contributed by atoms with Crippen molar-refractivity contribution in [1.29, 1.82) is 0 Å². The van der Waals surface area contributed by atoms with Crippen LogP contribution in [0.5, 0.6) is 0 Å². The van der Waals surface area contributed by atoms with E-state index >= 15 is 0 Å². The first-order valence-electron chi connectivity index (χ1n) is 7.72. The number of aromatic nitrogens is 3. The third kappa shape index (κ3) is 3.81. The van der Waals surface area contributed by atoms with Crippen LogP contribution in [0, 0.1) is 0 Å². The lowest BCUT2D eigenvalue weighted by atomic mass is 10.1. The molecule has 0 radical (unpaired) electrons. The van der Waals surface area contributed by atoms with Crippen molar-refractivity contribution in [3.8, 4) is 0 Å². The Hall–Kier alpha value is -3.09. The number of aryl methyl sites for hydroxylation is 1. The maximum Gasteiger partial charge on any atom is 0.306 e. The first kappa shape index (κ1) is 15.8. The second kappa shape index (κ2) is 7.45. The molecule has 0 unspecified atom stereocenters. The number of nitrogens with one attached hydrogen (secondary N) is 3. The Morgan fingerprint density at radius 2 is 2.08 bits per heavy atom. The summed E-state index contributed by atoms with van der Waals surface area (Å²) in [5.74, 6) is -0.557. The topological polar surface area (TPSA) is 99.9 Å². The number of para-hydroxylation sites is 1. The van der Waals surface area contributed by atoms with Gasteiger partial charge in [0, 0.05) is 29.7 Å². The van der Waals surface area contributed by atoms with E-state index < -0.39 is 0 Å². The predicted molar refractivity (Wildman–Crippen MR) is 88.5 cm³/mol. The lowest BCUT2D eigenvalue weighted by molar-refractivity contribution is -0.143. The summed E-state index contributed by atoms with van der Waals surface area (Å²) in [4.78, 5) is 26.6. The number of hydrogen-bond donors (Lipinski definition) is 3. The van der Waals surface area contributed by atoms with Gasteiger partial charge in [0.25, 0.3) is 5.91 Å². The Bertz CT molecular complexity index is 823. The largest absolute Gasteiger partial charge is 0.464 e. The van der Waals surface area contributed by atoms with Crippen LogP contribution in [0.1, 0.15) is 22.5 Å². The molecule has 3 rings (SSSR count). The average Bonchev–Trinajstić information content (AvgIpc) is 3.26. The Labute approximate surface area is 138 Å². The van der Waals surface area contributed by atoms with E-state index in [1.807, 2.05) is 30.5 Å². The van der Waals surface area contributed by atoms with Gasteiger partial charge < -0.3 is 15.0 Å². The molecule has 0 aliphatic rings. The van der Waals surface area contributed by atoms with Gasteiger partial charge in [-0.15, -0.1) is 0 Å². The predicted octanol–water partition coefficient (Wildman–Crippen LogP) is 1.80. The van der Waals surface area contributed by atoms with E-state index in [9.17, 15) is 9.59 Å². The van der Waals surface area contributed by atoms with Crippen LogP contribution in [0.15, 0.2) is 42.7 Å². The van der Waals surface area contributed by atoms with Gasteiger partial charge in [0.2, 0.25) is 0 Å². The van der Waals surface area contributed by atoms with Crippen LogP contribution in [-0.2, 0) is 16.0 Å². The molecule has 0 spiro atoms. The summed E-state index contributed by atoms with van der Waals surface area (Å²) in [7, 11) is 0. The second-order valence-electron chi connectivity index (χ2n) is 5.31. The van der Waals surface area contributed by atoms with Crippen molar-refractivity contribution in [3.63, 3.8) is 0 Å². The number of nitrogens with zero attached hydrogens (tertiary/aromatic N) is 1. The van der Waals surface area contributed by atoms with Gasteiger partial charge in [-0.25, -0.2) is 0 Å². The Kier molecular flexibility index (Phi) is 4.90. The molecule has 7 heteroatoms. The van der Waals surface area contributed by atoms with E-state index in [-0.39, 0.29) is 25.0 Å². The van der Waals surface area contributed by atoms with E-state index in [1.165, 1.54) is 6.20 Å². The summed E-state index contributed by atoms with van der Waals surface area (Å²) in [5.41, 5.74) is 2.53. The molecule has 0 fully saturated rings. The van der Waals surface area contributed by atoms with Crippen molar-refractivity contribution in [2.45, 2.75) is 12.8 Å². The lowest BCUT2D eigenvalue weighted by Crippen LogP contribution is -2.28. The Balaban J connectivity index is 1.38. The molecule has 3 N–H and O–H groups in total. The van der Waals surface area contributed by atoms with Crippen molar-refractivity contribution < 1.29 is 14.3 Å². The number of esters is 1. The number of ether oxygens (including phenoxy) is 1. The summed E-state index contributed by atoms with van der Waals surface area (Å²) >= 11 is 0. The molecule has 2 heterocycles. The van der Waals surface area contributed by atoms with Crippen LogP contribution < -0.4 is 5.32 Å². The molecular weight excluding hydrogens is 308 g/mol. The van der Waals surface area contributed by atoms with Crippen molar-refractivity contribution in [1.82, 2.24) is 20.5 Å². The highest BCUT2D eigenvalue weighted by Crippen LogP contribution is 2.18. The molecule has 7 nitrogen and oxygen atoms in total. The van der Waals surface area contributed by atoms with E-state index in [4.69, 9.17) is 4.74 Å². The molecule has 0 atom stereocenters. The molecule has 1 aromatic carbocycles. The van der Waals surface area contributed by atoms with Crippen molar-refractivity contribution in [2.75, 3.05) is 13.2 Å². The monoisotopic (exact) mass is 326 g/mol. The van der Waals surface area contributed by atoms with Crippen LogP contribution in [-0.4, -0.2) is 40.2 Å². The third-order valence-corrected chi connectivity index (χ3v) is 3.67. The van der Waals surface area contributed by atoms with Gasteiger partial charge >= 0.3 is 5.97 Å². The zero-order valence-electron chi connectivity index (χ0n) is 13.0. The summed E-state index contributed by atoms with van der Waals surface area (Å²) in [6.07, 6.45) is 4.34. The standard InChI is InChI=1S/C17H18N4O3/c22-16(24-10-9-18-17(23)15-7-8-20-21-15)6-5-12-11-19-14-4-2-1-3-13(12)14/h1-4,7-8,11,19H,5-6,9-10H2,(H,18,23)(H,20,21). The molecule has 24 heavy (non-hydrogen) atoms. The molecule has 2 aromatic heterocycles. The SMILES string of the molecule is O=C(CCc1c[nH]c2ccccc12)OCCNC(=O)c1ccn[nH]1. The van der Waals surface area contributed by atoms with Crippen LogP contribution in [0.25, 0.3) is 10.9 Å². The second-order valence-corrected chi connectivity index (χ2v) is 5.31. The highest BCUT2D eigenvalue weighted by molar-refractivity contribution is 5.92. The van der Waals surface area contributed by atoms with Gasteiger partial charge in [0.15, 0.2) is 0 Å². The summed E-state index contributed by atoms with van der Waals surface area (Å²) in [5, 5.41) is 10.0. The van der Waals surface area contributed by atoms with Gasteiger partial charge in [-0.1, -0.05) is 18.2 Å². The highest BCUT2D eigenvalue weighted by Gasteiger charge is 2.09.